The fourth-order valence-corrected chi connectivity index (χ4v) is 1.87. The number of ether oxygens (including phenoxy) is 1. The van der Waals surface area contributed by atoms with E-state index in [0.29, 0.717) is 0 Å². The average Bonchev–Trinajstić information content (AvgIpc) is 2.47. The Morgan fingerprint density at radius 1 is 1.05 bits per heavy atom. The zero-order valence-corrected chi connectivity index (χ0v) is 12.4. The van der Waals surface area contributed by atoms with Crippen LogP contribution < -0.4 is 4.74 Å². The molecular formula is C17H22O2. The molecule has 0 amide bonds. The van der Waals surface area contributed by atoms with E-state index in [1.165, 1.54) is 0 Å². The number of hydrogen-bond acceptors (Lipinski definition) is 2. The Hall–Kier alpha value is -1.83. The normalized spacial score (nSPS) is 11.4. The second-order valence-corrected chi connectivity index (χ2v) is 4.30. The summed E-state index contributed by atoms with van der Waals surface area (Å²) in [6, 6.07) is 12.1. The fraction of sp³-hybridized carbons (Fsp3) is 0.353. The molecule has 0 aliphatic heterocycles. The molecule has 0 N–H and O–H groups in total. The molecule has 102 valence electrons. The molecule has 2 nitrogen and oxygen atoms in total. The fourth-order valence-electron chi connectivity index (χ4n) is 1.87. The molecular weight excluding hydrogens is 236 g/mol. The molecule has 0 aliphatic rings. The Kier molecular flexibility index (Phi) is 5.56. The maximum atomic E-state index is 11.4. The highest BCUT2D eigenvalue weighted by Crippen LogP contribution is 2.25. The van der Waals surface area contributed by atoms with E-state index in [1.807, 2.05) is 51.1 Å². The highest BCUT2D eigenvalue weighted by atomic mass is 16.5. The lowest BCUT2D eigenvalue weighted by atomic mass is 9.95. The van der Waals surface area contributed by atoms with E-state index >= 15 is 0 Å². The van der Waals surface area contributed by atoms with Gasteiger partial charge in [0.2, 0.25) is 0 Å². The van der Waals surface area contributed by atoms with Crippen LogP contribution in [0.1, 0.15) is 39.2 Å². The van der Waals surface area contributed by atoms with Crippen molar-refractivity contribution in [3.63, 3.8) is 0 Å². The van der Waals surface area contributed by atoms with Gasteiger partial charge in [0.1, 0.15) is 11.5 Å². The third-order valence-corrected chi connectivity index (χ3v) is 3.18. The zero-order chi connectivity index (χ0) is 14.4. The Labute approximate surface area is 115 Å². The standard InChI is InChI=1S/C15H16O2.C2H6/c1-10(11(2)16)12-4-5-14-9-15(17-3)7-6-13(14)8-12;1-2/h4-10H,1-3H3;1-2H3. The van der Waals surface area contributed by atoms with E-state index in [0.717, 1.165) is 22.1 Å². The number of ketones is 1. The second kappa shape index (κ2) is 6.93. The van der Waals surface area contributed by atoms with Crippen LogP contribution in [-0.2, 0) is 4.79 Å². The third-order valence-electron chi connectivity index (χ3n) is 3.18. The van der Waals surface area contributed by atoms with Crippen LogP contribution in [0.5, 0.6) is 5.75 Å². The minimum absolute atomic E-state index is 0.0403. The molecule has 2 heteroatoms. The minimum atomic E-state index is -0.0403. The highest BCUT2D eigenvalue weighted by molar-refractivity contribution is 5.88. The van der Waals surface area contributed by atoms with Crippen molar-refractivity contribution in [1.29, 1.82) is 0 Å². The van der Waals surface area contributed by atoms with Crippen LogP contribution in [0.2, 0.25) is 0 Å². The highest BCUT2D eigenvalue weighted by Gasteiger charge is 2.10. The third kappa shape index (κ3) is 3.57. The average molecular weight is 258 g/mol. The van der Waals surface area contributed by atoms with Crippen molar-refractivity contribution in [2.24, 2.45) is 0 Å². The lowest BCUT2D eigenvalue weighted by molar-refractivity contribution is -0.118. The van der Waals surface area contributed by atoms with Gasteiger partial charge in [-0.3, -0.25) is 4.79 Å². The molecule has 19 heavy (non-hydrogen) atoms. The van der Waals surface area contributed by atoms with E-state index in [1.54, 1.807) is 14.0 Å². The molecule has 0 heterocycles. The molecule has 1 atom stereocenters. The van der Waals surface area contributed by atoms with Gasteiger partial charge in [-0.2, -0.15) is 0 Å². The van der Waals surface area contributed by atoms with Gasteiger partial charge in [0, 0.05) is 5.92 Å². The van der Waals surface area contributed by atoms with Gasteiger partial charge in [0.15, 0.2) is 0 Å². The summed E-state index contributed by atoms with van der Waals surface area (Å²) < 4.78 is 5.18. The summed E-state index contributed by atoms with van der Waals surface area (Å²) >= 11 is 0. The van der Waals surface area contributed by atoms with Gasteiger partial charge >= 0.3 is 0 Å². The topological polar surface area (TPSA) is 26.3 Å². The van der Waals surface area contributed by atoms with Crippen LogP contribution in [0.3, 0.4) is 0 Å². The van der Waals surface area contributed by atoms with Gasteiger partial charge in [-0.25, -0.2) is 0 Å². The van der Waals surface area contributed by atoms with Gasteiger partial charge < -0.3 is 4.74 Å². The predicted molar refractivity (Wildman–Crippen MR) is 80.9 cm³/mol. The Morgan fingerprint density at radius 3 is 2.21 bits per heavy atom. The Balaban J connectivity index is 0.000000861. The van der Waals surface area contributed by atoms with Crippen LogP contribution in [0, 0.1) is 0 Å². The van der Waals surface area contributed by atoms with Crippen molar-refractivity contribution in [2.75, 3.05) is 7.11 Å². The lowest BCUT2D eigenvalue weighted by Crippen LogP contribution is -2.03. The zero-order valence-electron chi connectivity index (χ0n) is 12.4. The Bertz CT molecular complexity index is 558. The first kappa shape index (κ1) is 15.2. The summed E-state index contributed by atoms with van der Waals surface area (Å²) in [7, 11) is 1.66. The number of hydrogen-bond donors (Lipinski definition) is 0. The first-order chi connectivity index (χ1) is 9.11. The minimum Gasteiger partial charge on any atom is -0.497 e. The molecule has 0 saturated carbocycles. The molecule has 0 radical (unpaired) electrons. The van der Waals surface area contributed by atoms with Crippen LogP contribution in [0.4, 0.5) is 0 Å². The summed E-state index contributed by atoms with van der Waals surface area (Å²) in [5, 5.41) is 2.26. The van der Waals surface area contributed by atoms with Gasteiger partial charge in [-0.1, -0.05) is 45.0 Å². The van der Waals surface area contributed by atoms with Gasteiger partial charge in [-0.05, 0) is 35.4 Å². The van der Waals surface area contributed by atoms with Crippen molar-refractivity contribution >= 4 is 16.6 Å². The Morgan fingerprint density at radius 2 is 1.63 bits per heavy atom. The van der Waals surface area contributed by atoms with Gasteiger partial charge in [-0.15, -0.1) is 0 Å². The number of benzene rings is 2. The molecule has 1 unspecified atom stereocenters. The van der Waals surface area contributed by atoms with Crippen molar-refractivity contribution in [3.8, 4) is 5.75 Å². The predicted octanol–water partition coefficient (Wildman–Crippen LogP) is 4.57. The molecule has 0 aliphatic carbocycles. The maximum Gasteiger partial charge on any atom is 0.136 e. The molecule has 0 aromatic heterocycles. The molecule has 0 fully saturated rings. The van der Waals surface area contributed by atoms with E-state index < -0.39 is 0 Å². The van der Waals surface area contributed by atoms with Crippen LogP contribution in [-0.4, -0.2) is 12.9 Å². The molecule has 0 bridgehead atoms. The maximum absolute atomic E-state index is 11.4. The number of fused-ring (bicyclic) bond motifs is 1. The monoisotopic (exact) mass is 258 g/mol. The van der Waals surface area contributed by atoms with Crippen LogP contribution in [0.15, 0.2) is 36.4 Å². The van der Waals surface area contributed by atoms with E-state index in [-0.39, 0.29) is 11.7 Å². The summed E-state index contributed by atoms with van der Waals surface area (Å²) in [5.74, 6) is 1.00. The van der Waals surface area contributed by atoms with Crippen molar-refractivity contribution in [2.45, 2.75) is 33.6 Å². The largest absolute Gasteiger partial charge is 0.497 e. The van der Waals surface area contributed by atoms with Crippen molar-refractivity contribution in [3.05, 3.63) is 42.0 Å². The number of rotatable bonds is 3. The van der Waals surface area contributed by atoms with E-state index in [9.17, 15) is 4.79 Å². The number of methoxy groups -OCH3 is 1. The lowest BCUT2D eigenvalue weighted by Gasteiger charge is -2.09. The van der Waals surface area contributed by atoms with Crippen LogP contribution >= 0.6 is 0 Å². The smallest absolute Gasteiger partial charge is 0.136 e. The quantitative estimate of drug-likeness (QED) is 0.806. The summed E-state index contributed by atoms with van der Waals surface area (Å²) in [6.07, 6.45) is 0. The molecule has 2 aromatic rings. The summed E-state index contributed by atoms with van der Waals surface area (Å²) in [6.45, 7) is 7.57. The molecule has 0 spiro atoms. The summed E-state index contributed by atoms with van der Waals surface area (Å²) in [4.78, 5) is 11.4. The van der Waals surface area contributed by atoms with Gasteiger partial charge in [0.05, 0.1) is 7.11 Å². The van der Waals surface area contributed by atoms with Crippen molar-refractivity contribution < 1.29 is 9.53 Å². The van der Waals surface area contributed by atoms with Crippen molar-refractivity contribution in [1.82, 2.24) is 0 Å². The number of carbonyl (C=O) groups excluding carboxylic acids is 1. The number of carbonyl (C=O) groups is 1. The number of Topliss-reactive ketones (excluding diaryl/α,β-unsaturated/α-hetero) is 1. The van der Waals surface area contributed by atoms with Crippen LogP contribution in [0.25, 0.3) is 10.8 Å². The SMILES string of the molecule is CC.COc1ccc2cc(C(C)C(C)=O)ccc2c1. The molecule has 2 aromatic carbocycles. The molecule has 2 rings (SSSR count). The van der Waals surface area contributed by atoms with E-state index in [4.69, 9.17) is 4.74 Å². The van der Waals surface area contributed by atoms with E-state index in [2.05, 4.69) is 6.07 Å². The second-order valence-electron chi connectivity index (χ2n) is 4.30. The first-order valence-corrected chi connectivity index (χ1v) is 6.70. The van der Waals surface area contributed by atoms with Gasteiger partial charge in [0.25, 0.3) is 0 Å². The first-order valence-electron chi connectivity index (χ1n) is 6.70. The molecule has 0 saturated heterocycles. The summed E-state index contributed by atoms with van der Waals surface area (Å²) in [5.41, 5.74) is 1.06.